The number of nitro benzene ring substituents is 1. The van der Waals surface area contributed by atoms with E-state index in [2.05, 4.69) is 53.6 Å². The Bertz CT molecular complexity index is 753. The number of piperazine rings is 1. The van der Waals surface area contributed by atoms with E-state index in [-0.39, 0.29) is 10.6 Å². The first-order valence-electron chi connectivity index (χ1n) is 9.11. The normalized spacial score (nSPS) is 14.5. The average molecular weight is 354 g/mol. The van der Waals surface area contributed by atoms with Crippen molar-refractivity contribution in [1.82, 2.24) is 5.32 Å². The van der Waals surface area contributed by atoms with Crippen molar-refractivity contribution in [3.63, 3.8) is 0 Å². The molecule has 1 heterocycles. The molecule has 1 aliphatic heterocycles. The van der Waals surface area contributed by atoms with Crippen molar-refractivity contribution in [2.75, 3.05) is 36.4 Å². The van der Waals surface area contributed by atoms with Gasteiger partial charge >= 0.3 is 0 Å². The maximum absolute atomic E-state index is 11.4. The molecule has 1 saturated heterocycles. The van der Waals surface area contributed by atoms with Gasteiger partial charge in [-0.3, -0.25) is 10.1 Å². The van der Waals surface area contributed by atoms with Crippen molar-refractivity contribution < 1.29 is 4.92 Å². The Labute approximate surface area is 154 Å². The molecule has 2 aromatic carbocycles. The molecule has 138 valence electrons. The Kier molecular flexibility index (Phi) is 5.73. The lowest BCUT2D eigenvalue weighted by Gasteiger charge is -2.29. The predicted octanol–water partition coefficient (Wildman–Crippen LogP) is 3.74. The fourth-order valence-electron chi connectivity index (χ4n) is 3.16. The van der Waals surface area contributed by atoms with Crippen molar-refractivity contribution >= 4 is 17.1 Å². The van der Waals surface area contributed by atoms with E-state index in [1.54, 1.807) is 6.07 Å². The molecule has 0 radical (unpaired) electrons. The number of benzene rings is 2. The zero-order chi connectivity index (χ0) is 18.5. The Balaban J connectivity index is 1.76. The molecule has 0 atom stereocenters. The van der Waals surface area contributed by atoms with Crippen LogP contribution in [0.2, 0.25) is 0 Å². The Hall–Kier alpha value is -2.60. The predicted molar refractivity (Wildman–Crippen MR) is 106 cm³/mol. The number of nitrogens with one attached hydrogen (secondary N) is 2. The summed E-state index contributed by atoms with van der Waals surface area (Å²) in [4.78, 5) is 13.3. The van der Waals surface area contributed by atoms with E-state index in [4.69, 9.17) is 0 Å². The van der Waals surface area contributed by atoms with Crippen LogP contribution in [-0.4, -0.2) is 31.1 Å². The second-order valence-corrected chi connectivity index (χ2v) is 6.95. The molecule has 0 saturated carbocycles. The Morgan fingerprint density at radius 1 is 1.15 bits per heavy atom. The Morgan fingerprint density at radius 2 is 1.85 bits per heavy atom. The van der Waals surface area contributed by atoms with Gasteiger partial charge in [-0.05, 0) is 29.2 Å². The second-order valence-electron chi connectivity index (χ2n) is 6.95. The van der Waals surface area contributed by atoms with Crippen molar-refractivity contribution in [3.05, 3.63) is 63.7 Å². The summed E-state index contributed by atoms with van der Waals surface area (Å²) < 4.78 is 0. The molecule has 0 spiro atoms. The van der Waals surface area contributed by atoms with Gasteiger partial charge in [0.1, 0.15) is 5.69 Å². The molecular weight excluding hydrogens is 328 g/mol. The van der Waals surface area contributed by atoms with Gasteiger partial charge < -0.3 is 15.5 Å². The lowest BCUT2D eigenvalue weighted by atomic mass is 10.0. The third-order valence-corrected chi connectivity index (χ3v) is 4.79. The van der Waals surface area contributed by atoms with Crippen LogP contribution in [0.1, 0.15) is 30.9 Å². The Morgan fingerprint density at radius 3 is 2.46 bits per heavy atom. The zero-order valence-corrected chi connectivity index (χ0v) is 15.4. The highest BCUT2D eigenvalue weighted by atomic mass is 16.6. The third kappa shape index (κ3) is 4.32. The van der Waals surface area contributed by atoms with Gasteiger partial charge in [-0.1, -0.05) is 38.1 Å². The van der Waals surface area contributed by atoms with E-state index >= 15 is 0 Å². The minimum absolute atomic E-state index is 0.114. The first-order chi connectivity index (χ1) is 12.5. The molecule has 0 aliphatic carbocycles. The molecule has 1 fully saturated rings. The standard InChI is InChI=1S/C20H26N4O2/c1-15(2)17-5-3-16(4-6-17)14-22-19-13-18(7-8-20(19)24(25)26)23-11-9-21-10-12-23/h3-8,13,15,21-22H,9-12,14H2,1-2H3. The van der Waals surface area contributed by atoms with Crippen LogP contribution in [0.4, 0.5) is 17.1 Å². The van der Waals surface area contributed by atoms with Crippen molar-refractivity contribution in [2.45, 2.75) is 26.3 Å². The summed E-state index contributed by atoms with van der Waals surface area (Å²) in [7, 11) is 0. The van der Waals surface area contributed by atoms with Crippen molar-refractivity contribution in [1.29, 1.82) is 0 Å². The van der Waals surface area contributed by atoms with Crippen LogP contribution in [0.15, 0.2) is 42.5 Å². The van der Waals surface area contributed by atoms with E-state index in [1.807, 2.05) is 12.1 Å². The monoisotopic (exact) mass is 354 g/mol. The number of hydrogen-bond donors (Lipinski definition) is 2. The molecule has 3 rings (SSSR count). The molecule has 2 N–H and O–H groups in total. The summed E-state index contributed by atoms with van der Waals surface area (Å²) in [6.07, 6.45) is 0. The molecule has 0 aromatic heterocycles. The quantitative estimate of drug-likeness (QED) is 0.611. The molecule has 26 heavy (non-hydrogen) atoms. The van der Waals surface area contributed by atoms with Gasteiger partial charge in [0.15, 0.2) is 0 Å². The first-order valence-corrected chi connectivity index (χ1v) is 9.11. The first kappa shape index (κ1) is 18.2. The summed E-state index contributed by atoms with van der Waals surface area (Å²) in [5.74, 6) is 0.494. The molecule has 2 aromatic rings. The van der Waals surface area contributed by atoms with Gasteiger partial charge in [-0.25, -0.2) is 0 Å². The lowest BCUT2D eigenvalue weighted by molar-refractivity contribution is -0.384. The van der Waals surface area contributed by atoms with E-state index in [0.29, 0.717) is 18.2 Å². The summed E-state index contributed by atoms with van der Waals surface area (Å²) in [6, 6.07) is 13.7. The zero-order valence-electron chi connectivity index (χ0n) is 15.4. The fourth-order valence-corrected chi connectivity index (χ4v) is 3.16. The maximum atomic E-state index is 11.4. The molecule has 0 bridgehead atoms. The van der Waals surface area contributed by atoms with E-state index < -0.39 is 0 Å². The molecule has 1 aliphatic rings. The van der Waals surface area contributed by atoms with Crippen molar-refractivity contribution in [2.24, 2.45) is 0 Å². The highest BCUT2D eigenvalue weighted by Gasteiger charge is 2.17. The summed E-state index contributed by atoms with van der Waals surface area (Å²) in [5, 5.41) is 18.0. The number of nitrogens with zero attached hydrogens (tertiary/aromatic N) is 2. The number of nitro groups is 1. The second kappa shape index (κ2) is 8.19. The largest absolute Gasteiger partial charge is 0.375 e. The lowest BCUT2D eigenvalue weighted by Crippen LogP contribution is -2.43. The van der Waals surface area contributed by atoms with Crippen LogP contribution in [-0.2, 0) is 6.54 Å². The number of rotatable bonds is 6. The van der Waals surface area contributed by atoms with E-state index in [0.717, 1.165) is 37.4 Å². The van der Waals surface area contributed by atoms with Gasteiger partial charge in [0.25, 0.3) is 5.69 Å². The summed E-state index contributed by atoms with van der Waals surface area (Å²) in [6.45, 7) is 8.58. The smallest absolute Gasteiger partial charge is 0.292 e. The van der Waals surface area contributed by atoms with Gasteiger partial charge in [-0.2, -0.15) is 0 Å². The summed E-state index contributed by atoms with van der Waals surface area (Å²) >= 11 is 0. The van der Waals surface area contributed by atoms with Crippen LogP contribution >= 0.6 is 0 Å². The minimum atomic E-state index is -0.328. The summed E-state index contributed by atoms with van der Waals surface area (Å²) in [5.41, 5.74) is 4.10. The SMILES string of the molecule is CC(C)c1ccc(CNc2cc(N3CCNCC3)ccc2[N+](=O)[O-])cc1. The molecule has 6 nitrogen and oxygen atoms in total. The van der Waals surface area contributed by atoms with Crippen LogP contribution in [0.25, 0.3) is 0 Å². The molecule has 0 amide bonds. The van der Waals surface area contributed by atoms with Crippen LogP contribution in [0.5, 0.6) is 0 Å². The average Bonchev–Trinajstić information content (AvgIpc) is 2.67. The van der Waals surface area contributed by atoms with Crippen molar-refractivity contribution in [3.8, 4) is 0 Å². The van der Waals surface area contributed by atoms with Gasteiger partial charge in [0, 0.05) is 44.5 Å². The van der Waals surface area contributed by atoms with Gasteiger partial charge in [-0.15, -0.1) is 0 Å². The molecule has 0 unspecified atom stereocenters. The van der Waals surface area contributed by atoms with Gasteiger partial charge in [0.05, 0.1) is 4.92 Å². The minimum Gasteiger partial charge on any atom is -0.375 e. The van der Waals surface area contributed by atoms with E-state index in [9.17, 15) is 10.1 Å². The molecular formula is C20H26N4O2. The topological polar surface area (TPSA) is 70.4 Å². The third-order valence-electron chi connectivity index (χ3n) is 4.79. The highest BCUT2D eigenvalue weighted by molar-refractivity contribution is 5.69. The van der Waals surface area contributed by atoms with Crippen LogP contribution in [0, 0.1) is 10.1 Å². The highest BCUT2D eigenvalue weighted by Crippen LogP contribution is 2.30. The van der Waals surface area contributed by atoms with E-state index in [1.165, 1.54) is 5.56 Å². The van der Waals surface area contributed by atoms with Crippen LogP contribution in [0.3, 0.4) is 0 Å². The molecule has 6 heteroatoms. The fraction of sp³-hybridized carbons (Fsp3) is 0.400. The van der Waals surface area contributed by atoms with Gasteiger partial charge in [0.2, 0.25) is 0 Å². The number of anilines is 2. The number of hydrogen-bond acceptors (Lipinski definition) is 5. The van der Waals surface area contributed by atoms with Crippen LogP contribution < -0.4 is 15.5 Å². The maximum Gasteiger partial charge on any atom is 0.292 e.